The third-order valence-electron chi connectivity index (χ3n) is 3.65. The Balaban J connectivity index is 2.02. The Hall–Kier alpha value is -1.69. The SMILES string of the molecule is CC(O)CC(CNS(=O)(=O)Cc1ccccc1)c1ccccc1. The fourth-order valence-corrected chi connectivity index (χ4v) is 3.73. The van der Waals surface area contributed by atoms with Gasteiger partial charge in [0.15, 0.2) is 0 Å². The normalized spacial score (nSPS) is 14.3. The molecule has 2 aromatic rings. The maximum atomic E-state index is 12.2. The van der Waals surface area contributed by atoms with Gasteiger partial charge in [0.05, 0.1) is 11.9 Å². The van der Waals surface area contributed by atoms with Gasteiger partial charge in [-0.3, -0.25) is 0 Å². The van der Waals surface area contributed by atoms with Gasteiger partial charge in [-0.15, -0.1) is 0 Å². The van der Waals surface area contributed by atoms with Crippen LogP contribution in [0.3, 0.4) is 0 Å². The van der Waals surface area contributed by atoms with Crippen LogP contribution in [0.4, 0.5) is 0 Å². The molecule has 0 saturated heterocycles. The molecule has 0 aromatic heterocycles. The summed E-state index contributed by atoms with van der Waals surface area (Å²) in [6, 6.07) is 18.8. The standard InChI is InChI=1S/C18H23NO3S/c1-15(20)12-18(17-10-6-3-7-11-17)13-19-23(21,22)14-16-8-4-2-5-9-16/h2-11,15,18-20H,12-14H2,1H3. The van der Waals surface area contributed by atoms with E-state index in [-0.39, 0.29) is 18.2 Å². The van der Waals surface area contributed by atoms with E-state index in [2.05, 4.69) is 4.72 Å². The van der Waals surface area contributed by atoms with Gasteiger partial charge in [-0.05, 0) is 30.4 Å². The molecule has 2 atom stereocenters. The third-order valence-corrected chi connectivity index (χ3v) is 4.97. The predicted molar refractivity (Wildman–Crippen MR) is 92.5 cm³/mol. The van der Waals surface area contributed by atoms with Crippen LogP contribution in [0.5, 0.6) is 0 Å². The molecule has 0 amide bonds. The molecule has 0 fully saturated rings. The lowest BCUT2D eigenvalue weighted by molar-refractivity contribution is 0.174. The van der Waals surface area contributed by atoms with Crippen molar-refractivity contribution in [3.63, 3.8) is 0 Å². The minimum absolute atomic E-state index is 0.0377. The first kappa shape index (κ1) is 17.7. The molecule has 23 heavy (non-hydrogen) atoms. The number of nitrogens with one attached hydrogen (secondary N) is 1. The van der Waals surface area contributed by atoms with Crippen LogP contribution < -0.4 is 4.72 Å². The lowest BCUT2D eigenvalue weighted by Crippen LogP contribution is -2.30. The molecule has 0 bridgehead atoms. The number of sulfonamides is 1. The molecule has 0 heterocycles. The van der Waals surface area contributed by atoms with E-state index in [1.165, 1.54) is 0 Å². The van der Waals surface area contributed by atoms with Gasteiger partial charge in [0.1, 0.15) is 0 Å². The van der Waals surface area contributed by atoms with E-state index in [4.69, 9.17) is 0 Å². The van der Waals surface area contributed by atoms with Crippen LogP contribution in [0.25, 0.3) is 0 Å². The highest BCUT2D eigenvalue weighted by Gasteiger charge is 2.18. The first-order valence-electron chi connectivity index (χ1n) is 7.70. The van der Waals surface area contributed by atoms with Crippen molar-refractivity contribution in [1.29, 1.82) is 0 Å². The molecule has 2 N–H and O–H groups in total. The largest absolute Gasteiger partial charge is 0.393 e. The van der Waals surface area contributed by atoms with Crippen LogP contribution in [0.2, 0.25) is 0 Å². The van der Waals surface area contributed by atoms with E-state index >= 15 is 0 Å². The Morgan fingerprint density at radius 3 is 2.13 bits per heavy atom. The minimum Gasteiger partial charge on any atom is -0.393 e. The second-order valence-corrected chi connectivity index (χ2v) is 7.59. The Morgan fingerprint density at radius 2 is 1.57 bits per heavy atom. The number of aliphatic hydroxyl groups is 1. The van der Waals surface area contributed by atoms with Gasteiger partial charge in [-0.2, -0.15) is 0 Å². The minimum atomic E-state index is -3.41. The highest BCUT2D eigenvalue weighted by molar-refractivity contribution is 7.88. The first-order valence-corrected chi connectivity index (χ1v) is 9.36. The van der Waals surface area contributed by atoms with Gasteiger partial charge in [0.2, 0.25) is 10.0 Å². The number of hydrogen-bond donors (Lipinski definition) is 2. The molecule has 0 aliphatic heterocycles. The number of aliphatic hydroxyl groups excluding tert-OH is 1. The second kappa shape index (κ2) is 8.24. The van der Waals surface area contributed by atoms with Crippen molar-refractivity contribution >= 4 is 10.0 Å². The second-order valence-electron chi connectivity index (χ2n) is 5.79. The zero-order valence-electron chi connectivity index (χ0n) is 13.2. The molecule has 2 unspecified atom stereocenters. The van der Waals surface area contributed by atoms with Crippen molar-refractivity contribution < 1.29 is 13.5 Å². The molecule has 0 aliphatic rings. The fourth-order valence-electron chi connectivity index (χ4n) is 2.55. The lowest BCUT2D eigenvalue weighted by Gasteiger charge is -2.19. The van der Waals surface area contributed by atoms with E-state index in [0.29, 0.717) is 6.42 Å². The molecular formula is C18H23NO3S. The van der Waals surface area contributed by atoms with Crippen molar-refractivity contribution in [1.82, 2.24) is 4.72 Å². The molecule has 2 aromatic carbocycles. The van der Waals surface area contributed by atoms with E-state index in [0.717, 1.165) is 11.1 Å². The maximum absolute atomic E-state index is 12.2. The highest BCUT2D eigenvalue weighted by atomic mass is 32.2. The van der Waals surface area contributed by atoms with Gasteiger partial charge >= 0.3 is 0 Å². The summed E-state index contributed by atoms with van der Waals surface area (Å²) >= 11 is 0. The van der Waals surface area contributed by atoms with Gasteiger partial charge in [-0.25, -0.2) is 13.1 Å². The smallest absolute Gasteiger partial charge is 0.215 e. The number of hydrogen-bond acceptors (Lipinski definition) is 3. The van der Waals surface area contributed by atoms with Crippen LogP contribution >= 0.6 is 0 Å². The summed E-state index contributed by atoms with van der Waals surface area (Å²) in [4.78, 5) is 0. The monoisotopic (exact) mass is 333 g/mol. The third kappa shape index (κ3) is 6.14. The Kier molecular flexibility index (Phi) is 6.33. The van der Waals surface area contributed by atoms with Crippen molar-refractivity contribution in [2.45, 2.75) is 31.1 Å². The Bertz CT molecular complexity index is 685. The summed E-state index contributed by atoms with van der Waals surface area (Å²) < 4.78 is 27.2. The molecule has 0 aliphatic carbocycles. The van der Waals surface area contributed by atoms with Crippen molar-refractivity contribution in [2.75, 3.05) is 6.54 Å². The van der Waals surface area contributed by atoms with E-state index in [9.17, 15) is 13.5 Å². The summed E-state index contributed by atoms with van der Waals surface area (Å²) in [5.41, 5.74) is 1.78. The van der Waals surface area contributed by atoms with Crippen LogP contribution in [0.1, 0.15) is 30.4 Å². The van der Waals surface area contributed by atoms with Crippen molar-refractivity contribution in [3.05, 3.63) is 71.8 Å². The molecule has 2 rings (SSSR count). The summed E-state index contributed by atoms with van der Waals surface area (Å²) in [7, 11) is -3.41. The Morgan fingerprint density at radius 1 is 1.00 bits per heavy atom. The van der Waals surface area contributed by atoms with Crippen LogP contribution in [-0.2, 0) is 15.8 Å². The number of benzene rings is 2. The molecule has 0 spiro atoms. The quantitative estimate of drug-likeness (QED) is 0.780. The van der Waals surface area contributed by atoms with Crippen molar-refractivity contribution in [2.24, 2.45) is 0 Å². The maximum Gasteiger partial charge on any atom is 0.215 e. The van der Waals surface area contributed by atoms with Crippen molar-refractivity contribution in [3.8, 4) is 0 Å². The fraction of sp³-hybridized carbons (Fsp3) is 0.333. The van der Waals surface area contributed by atoms with E-state index in [1.807, 2.05) is 48.5 Å². The lowest BCUT2D eigenvalue weighted by atomic mass is 9.94. The van der Waals surface area contributed by atoms with E-state index in [1.54, 1.807) is 19.1 Å². The predicted octanol–water partition coefficient (Wildman–Crippen LogP) is 2.66. The van der Waals surface area contributed by atoms with Crippen LogP contribution in [0.15, 0.2) is 60.7 Å². The molecule has 0 radical (unpaired) electrons. The first-order chi connectivity index (χ1) is 11.0. The molecule has 0 saturated carbocycles. The van der Waals surface area contributed by atoms with E-state index < -0.39 is 16.1 Å². The topological polar surface area (TPSA) is 66.4 Å². The van der Waals surface area contributed by atoms with Gasteiger partial charge < -0.3 is 5.11 Å². The Labute approximate surface area is 138 Å². The molecule has 4 nitrogen and oxygen atoms in total. The molecule has 124 valence electrons. The van der Waals surface area contributed by atoms with Crippen LogP contribution in [0, 0.1) is 0 Å². The average molecular weight is 333 g/mol. The molecule has 5 heteroatoms. The summed E-state index contributed by atoms with van der Waals surface area (Å²) in [5, 5.41) is 9.67. The van der Waals surface area contributed by atoms with Gasteiger partial charge in [0.25, 0.3) is 0 Å². The van der Waals surface area contributed by atoms with Crippen LogP contribution in [-0.4, -0.2) is 26.2 Å². The molecular weight excluding hydrogens is 310 g/mol. The zero-order valence-corrected chi connectivity index (χ0v) is 14.0. The summed E-state index contributed by atoms with van der Waals surface area (Å²) in [5.74, 6) is -0.0916. The van der Waals surface area contributed by atoms with Gasteiger partial charge in [-0.1, -0.05) is 60.7 Å². The average Bonchev–Trinajstić information content (AvgIpc) is 2.52. The van der Waals surface area contributed by atoms with Gasteiger partial charge in [0, 0.05) is 6.54 Å². The highest BCUT2D eigenvalue weighted by Crippen LogP contribution is 2.21. The number of rotatable bonds is 8. The zero-order chi connectivity index (χ0) is 16.7. The summed E-state index contributed by atoms with van der Waals surface area (Å²) in [6.07, 6.45) is 0.0246. The summed E-state index contributed by atoms with van der Waals surface area (Å²) in [6.45, 7) is 2.00.